The summed E-state index contributed by atoms with van der Waals surface area (Å²) < 4.78 is 6.21. The fourth-order valence-electron chi connectivity index (χ4n) is 1.90. The Kier molecular flexibility index (Phi) is 4.71. The molecule has 7 heteroatoms. The lowest BCUT2D eigenvalue weighted by molar-refractivity contribution is 0.102. The van der Waals surface area contributed by atoms with Gasteiger partial charge in [0.1, 0.15) is 6.26 Å². The SMILES string of the molecule is O=C(Nc1cccc(Br)c1)c1coc(-c2ccc(Cl)c(Cl)c2)n1. The minimum absolute atomic E-state index is 0.172. The largest absolute Gasteiger partial charge is 0.444 e. The molecule has 3 aromatic rings. The molecule has 1 heterocycles. The number of amides is 1. The Balaban J connectivity index is 1.81. The second-order valence-electron chi connectivity index (χ2n) is 4.63. The second-order valence-corrected chi connectivity index (χ2v) is 6.36. The molecular formula is C16H9BrCl2N2O2. The van der Waals surface area contributed by atoms with Crippen LogP contribution in [0.15, 0.2) is 57.6 Å². The normalized spacial score (nSPS) is 10.6. The van der Waals surface area contributed by atoms with Crippen molar-refractivity contribution < 1.29 is 9.21 Å². The number of anilines is 1. The summed E-state index contributed by atoms with van der Waals surface area (Å²) in [7, 11) is 0. The van der Waals surface area contributed by atoms with Crippen LogP contribution in [0.4, 0.5) is 5.69 Å². The first-order valence-corrected chi connectivity index (χ1v) is 8.06. The van der Waals surface area contributed by atoms with Crippen molar-refractivity contribution in [2.75, 3.05) is 5.32 Å². The van der Waals surface area contributed by atoms with Crippen LogP contribution in [0, 0.1) is 0 Å². The monoisotopic (exact) mass is 410 g/mol. The average molecular weight is 412 g/mol. The zero-order valence-corrected chi connectivity index (χ0v) is 14.6. The first kappa shape index (κ1) is 16.1. The molecule has 23 heavy (non-hydrogen) atoms. The van der Waals surface area contributed by atoms with E-state index in [-0.39, 0.29) is 11.6 Å². The number of hydrogen-bond acceptors (Lipinski definition) is 3. The highest BCUT2D eigenvalue weighted by Gasteiger charge is 2.14. The van der Waals surface area contributed by atoms with Crippen LogP contribution >= 0.6 is 39.1 Å². The van der Waals surface area contributed by atoms with E-state index in [1.165, 1.54) is 6.26 Å². The molecule has 0 aliphatic rings. The smallest absolute Gasteiger partial charge is 0.277 e. The molecule has 1 N–H and O–H groups in total. The summed E-state index contributed by atoms with van der Waals surface area (Å²) in [6.07, 6.45) is 1.30. The van der Waals surface area contributed by atoms with Crippen molar-refractivity contribution in [1.82, 2.24) is 4.98 Å². The quantitative estimate of drug-likeness (QED) is 0.604. The van der Waals surface area contributed by atoms with Crippen LogP contribution in [0.1, 0.15) is 10.5 Å². The molecule has 0 atom stereocenters. The molecule has 0 unspecified atom stereocenters. The van der Waals surface area contributed by atoms with Gasteiger partial charge in [0.25, 0.3) is 5.91 Å². The number of aromatic nitrogens is 1. The van der Waals surface area contributed by atoms with Gasteiger partial charge in [0.05, 0.1) is 10.0 Å². The van der Waals surface area contributed by atoms with Crippen LogP contribution in [0.25, 0.3) is 11.5 Å². The molecule has 3 rings (SSSR count). The lowest BCUT2D eigenvalue weighted by atomic mass is 10.2. The topological polar surface area (TPSA) is 55.1 Å². The number of oxazole rings is 1. The van der Waals surface area contributed by atoms with E-state index in [2.05, 4.69) is 26.2 Å². The maximum absolute atomic E-state index is 12.2. The van der Waals surface area contributed by atoms with E-state index >= 15 is 0 Å². The van der Waals surface area contributed by atoms with E-state index < -0.39 is 0 Å². The third kappa shape index (κ3) is 3.75. The number of halogens is 3. The fraction of sp³-hybridized carbons (Fsp3) is 0. The van der Waals surface area contributed by atoms with Crippen molar-refractivity contribution in [3.63, 3.8) is 0 Å². The maximum atomic E-state index is 12.2. The lowest BCUT2D eigenvalue weighted by Gasteiger charge is -2.02. The number of hydrogen-bond donors (Lipinski definition) is 1. The molecular weight excluding hydrogens is 403 g/mol. The van der Waals surface area contributed by atoms with Crippen molar-refractivity contribution in [2.24, 2.45) is 0 Å². The summed E-state index contributed by atoms with van der Waals surface area (Å²) in [6, 6.07) is 12.3. The summed E-state index contributed by atoms with van der Waals surface area (Å²) in [5.74, 6) is -0.0684. The first-order valence-electron chi connectivity index (χ1n) is 6.51. The number of benzene rings is 2. The molecule has 0 saturated heterocycles. The van der Waals surface area contributed by atoms with Gasteiger partial charge in [-0.1, -0.05) is 45.2 Å². The molecule has 0 aliphatic carbocycles. The molecule has 0 bridgehead atoms. The van der Waals surface area contributed by atoms with E-state index in [0.29, 0.717) is 27.2 Å². The molecule has 0 saturated carbocycles. The van der Waals surface area contributed by atoms with Gasteiger partial charge >= 0.3 is 0 Å². The van der Waals surface area contributed by atoms with Gasteiger partial charge in [-0.25, -0.2) is 4.98 Å². The summed E-state index contributed by atoms with van der Waals surface area (Å²) in [5, 5.41) is 3.58. The van der Waals surface area contributed by atoms with Gasteiger partial charge < -0.3 is 9.73 Å². The summed E-state index contributed by atoms with van der Waals surface area (Å²) >= 11 is 15.2. The molecule has 0 fully saturated rings. The Morgan fingerprint density at radius 2 is 1.96 bits per heavy atom. The average Bonchev–Trinajstić information content (AvgIpc) is 3.00. The van der Waals surface area contributed by atoms with Gasteiger partial charge in [0, 0.05) is 15.7 Å². The van der Waals surface area contributed by atoms with Crippen LogP contribution in [0.3, 0.4) is 0 Å². The maximum Gasteiger partial charge on any atom is 0.277 e. The Labute approximate surface area is 150 Å². The molecule has 116 valence electrons. The van der Waals surface area contributed by atoms with Gasteiger partial charge in [0.15, 0.2) is 5.69 Å². The summed E-state index contributed by atoms with van der Waals surface area (Å²) in [4.78, 5) is 16.4. The molecule has 4 nitrogen and oxygen atoms in total. The summed E-state index contributed by atoms with van der Waals surface area (Å²) in [5.41, 5.74) is 1.47. The van der Waals surface area contributed by atoms with Gasteiger partial charge in [-0.2, -0.15) is 0 Å². The van der Waals surface area contributed by atoms with Crippen molar-refractivity contribution in [3.05, 3.63) is 68.9 Å². The Morgan fingerprint density at radius 3 is 2.70 bits per heavy atom. The van der Waals surface area contributed by atoms with E-state index in [1.54, 1.807) is 30.3 Å². The van der Waals surface area contributed by atoms with Gasteiger partial charge in [-0.05, 0) is 36.4 Å². The van der Waals surface area contributed by atoms with Crippen molar-refractivity contribution in [3.8, 4) is 11.5 Å². The fourth-order valence-corrected chi connectivity index (χ4v) is 2.60. The lowest BCUT2D eigenvalue weighted by Crippen LogP contribution is -2.12. The highest BCUT2D eigenvalue weighted by atomic mass is 79.9. The van der Waals surface area contributed by atoms with E-state index in [9.17, 15) is 4.79 Å². The van der Waals surface area contributed by atoms with Gasteiger partial charge in [0.2, 0.25) is 5.89 Å². The van der Waals surface area contributed by atoms with Crippen LogP contribution in [-0.2, 0) is 0 Å². The predicted octanol–water partition coefficient (Wildman–Crippen LogP) is 5.66. The van der Waals surface area contributed by atoms with Crippen molar-refractivity contribution in [1.29, 1.82) is 0 Å². The zero-order chi connectivity index (χ0) is 16.4. The predicted molar refractivity (Wildman–Crippen MR) is 94.1 cm³/mol. The molecule has 0 spiro atoms. The van der Waals surface area contributed by atoms with Crippen LogP contribution in [-0.4, -0.2) is 10.9 Å². The highest BCUT2D eigenvalue weighted by Crippen LogP contribution is 2.28. The highest BCUT2D eigenvalue weighted by molar-refractivity contribution is 9.10. The molecule has 2 aromatic carbocycles. The minimum Gasteiger partial charge on any atom is -0.444 e. The number of carbonyl (C=O) groups is 1. The number of carbonyl (C=O) groups excluding carboxylic acids is 1. The van der Waals surface area contributed by atoms with Crippen molar-refractivity contribution >= 4 is 50.7 Å². The third-order valence-electron chi connectivity index (χ3n) is 2.99. The van der Waals surface area contributed by atoms with Crippen molar-refractivity contribution in [2.45, 2.75) is 0 Å². The van der Waals surface area contributed by atoms with E-state index in [0.717, 1.165) is 4.47 Å². The van der Waals surface area contributed by atoms with Crippen LogP contribution < -0.4 is 5.32 Å². The molecule has 0 radical (unpaired) electrons. The number of rotatable bonds is 3. The van der Waals surface area contributed by atoms with Gasteiger partial charge in [-0.15, -0.1) is 0 Å². The van der Waals surface area contributed by atoms with Crippen LogP contribution in [0.5, 0.6) is 0 Å². The molecule has 0 aliphatic heterocycles. The first-order chi connectivity index (χ1) is 11.0. The van der Waals surface area contributed by atoms with Gasteiger partial charge in [-0.3, -0.25) is 4.79 Å². The second kappa shape index (κ2) is 6.74. The zero-order valence-electron chi connectivity index (χ0n) is 11.5. The number of nitrogens with one attached hydrogen (secondary N) is 1. The third-order valence-corrected chi connectivity index (χ3v) is 4.22. The Bertz CT molecular complexity index is 880. The number of nitrogens with zero attached hydrogens (tertiary/aromatic N) is 1. The molecule has 1 aromatic heterocycles. The standard InChI is InChI=1S/C16H9BrCl2N2O2/c17-10-2-1-3-11(7-10)20-15(22)14-8-23-16(21-14)9-4-5-12(18)13(19)6-9/h1-8H,(H,20,22). The van der Waals surface area contributed by atoms with Crippen LogP contribution in [0.2, 0.25) is 10.0 Å². The van der Waals surface area contributed by atoms with E-state index in [1.807, 2.05) is 12.1 Å². The molecule has 1 amide bonds. The van der Waals surface area contributed by atoms with E-state index in [4.69, 9.17) is 27.6 Å². The Morgan fingerprint density at radius 1 is 1.13 bits per heavy atom. The summed E-state index contributed by atoms with van der Waals surface area (Å²) in [6.45, 7) is 0. The minimum atomic E-state index is -0.363. The Hall–Kier alpha value is -1.82.